The fourth-order valence-electron chi connectivity index (χ4n) is 1.94. The Morgan fingerprint density at radius 2 is 2.19 bits per heavy atom. The Hall–Kier alpha value is -1.59. The number of para-hydroxylation sites is 1. The summed E-state index contributed by atoms with van der Waals surface area (Å²) in [6.07, 6.45) is 1.51. The summed E-state index contributed by atoms with van der Waals surface area (Å²) in [4.78, 5) is 4.14. The predicted molar refractivity (Wildman–Crippen MR) is 83.3 cm³/mol. The van der Waals surface area contributed by atoms with E-state index >= 15 is 0 Å². The zero-order chi connectivity index (χ0) is 15.2. The van der Waals surface area contributed by atoms with Gasteiger partial charge in [-0.2, -0.15) is 5.10 Å². The van der Waals surface area contributed by atoms with Gasteiger partial charge >= 0.3 is 0 Å². The van der Waals surface area contributed by atoms with E-state index < -0.39 is 0 Å². The fourth-order valence-corrected chi connectivity index (χ4v) is 2.19. The quantitative estimate of drug-likeness (QED) is 0.854. The van der Waals surface area contributed by atoms with Crippen molar-refractivity contribution in [3.63, 3.8) is 0 Å². The van der Waals surface area contributed by atoms with E-state index in [0.717, 1.165) is 24.5 Å². The molecule has 21 heavy (non-hydrogen) atoms. The van der Waals surface area contributed by atoms with Gasteiger partial charge in [-0.25, -0.2) is 4.98 Å². The number of halogens is 1. The van der Waals surface area contributed by atoms with Gasteiger partial charge in [-0.1, -0.05) is 37.6 Å². The summed E-state index contributed by atoms with van der Waals surface area (Å²) in [5.41, 5.74) is 1.05. The minimum absolute atomic E-state index is 0.345. The molecule has 1 N–H and O–H groups in total. The van der Waals surface area contributed by atoms with E-state index in [4.69, 9.17) is 16.3 Å². The van der Waals surface area contributed by atoms with Gasteiger partial charge in [0.05, 0.1) is 5.02 Å². The van der Waals surface area contributed by atoms with Crippen molar-refractivity contribution in [2.24, 2.45) is 13.0 Å². The molecule has 0 aliphatic heterocycles. The third-order valence-corrected chi connectivity index (χ3v) is 3.36. The normalized spacial score (nSPS) is 11.1. The summed E-state index contributed by atoms with van der Waals surface area (Å²) in [7, 11) is 1.84. The summed E-state index contributed by atoms with van der Waals surface area (Å²) >= 11 is 6.26. The number of hydrogen-bond acceptors (Lipinski definition) is 4. The number of hydrogen-bond donors (Lipinski definition) is 1. The third kappa shape index (κ3) is 4.44. The zero-order valence-corrected chi connectivity index (χ0v) is 13.4. The molecule has 0 amide bonds. The molecule has 0 aliphatic carbocycles. The second kappa shape index (κ2) is 7.43. The van der Waals surface area contributed by atoms with Crippen molar-refractivity contribution in [1.29, 1.82) is 0 Å². The van der Waals surface area contributed by atoms with Crippen LogP contribution in [0, 0.1) is 5.92 Å². The maximum atomic E-state index is 6.26. The first-order valence-corrected chi connectivity index (χ1v) is 7.39. The van der Waals surface area contributed by atoms with Crippen LogP contribution in [0.25, 0.3) is 0 Å². The monoisotopic (exact) mass is 308 g/mol. The molecule has 1 aromatic heterocycles. The van der Waals surface area contributed by atoms with Gasteiger partial charge in [0.15, 0.2) is 5.82 Å². The largest absolute Gasteiger partial charge is 0.484 e. The first kappa shape index (κ1) is 15.8. The lowest BCUT2D eigenvalue weighted by Crippen LogP contribution is -2.19. The zero-order valence-electron chi connectivity index (χ0n) is 12.6. The van der Waals surface area contributed by atoms with E-state index in [2.05, 4.69) is 29.2 Å². The third-order valence-electron chi connectivity index (χ3n) is 3.07. The highest BCUT2D eigenvalue weighted by Gasteiger charge is 2.10. The number of nitrogens with one attached hydrogen (secondary N) is 1. The number of aromatic nitrogens is 3. The predicted octanol–water partition coefficient (Wildman–Crippen LogP) is 2.79. The summed E-state index contributed by atoms with van der Waals surface area (Å²) in [6.45, 7) is 6.38. The lowest BCUT2D eigenvalue weighted by molar-refractivity contribution is 0.286. The average Bonchev–Trinajstić information content (AvgIpc) is 2.83. The van der Waals surface area contributed by atoms with Crippen molar-refractivity contribution in [2.45, 2.75) is 27.0 Å². The van der Waals surface area contributed by atoms with Crippen molar-refractivity contribution in [2.75, 3.05) is 6.54 Å². The van der Waals surface area contributed by atoms with Crippen LogP contribution in [-0.2, 0) is 20.2 Å². The van der Waals surface area contributed by atoms with Gasteiger partial charge in [0.1, 0.15) is 18.7 Å². The Balaban J connectivity index is 2.05. The van der Waals surface area contributed by atoms with Crippen molar-refractivity contribution in [3.05, 3.63) is 40.9 Å². The Labute approximate surface area is 130 Å². The molecular weight excluding hydrogens is 288 g/mol. The molecule has 5 nitrogen and oxygen atoms in total. The topological polar surface area (TPSA) is 52.0 Å². The van der Waals surface area contributed by atoms with Crippen LogP contribution in [0.4, 0.5) is 0 Å². The lowest BCUT2D eigenvalue weighted by atomic mass is 10.2. The lowest BCUT2D eigenvalue weighted by Gasteiger charge is -2.14. The Kier molecular flexibility index (Phi) is 5.59. The van der Waals surface area contributed by atoms with Gasteiger partial charge in [-0.15, -0.1) is 0 Å². The molecule has 2 aromatic rings. The summed E-state index contributed by atoms with van der Waals surface area (Å²) in [5, 5.41) is 8.04. The van der Waals surface area contributed by atoms with Crippen LogP contribution in [0.3, 0.4) is 0 Å². The molecular formula is C15H21ClN4O. The van der Waals surface area contributed by atoms with Gasteiger partial charge in [-0.3, -0.25) is 4.68 Å². The molecule has 0 aliphatic rings. The Bertz CT molecular complexity index is 583. The number of rotatable bonds is 7. The molecule has 0 radical (unpaired) electrons. The molecule has 0 bridgehead atoms. The van der Waals surface area contributed by atoms with Crippen molar-refractivity contribution in [3.8, 4) is 5.75 Å². The first-order valence-electron chi connectivity index (χ1n) is 7.01. The van der Waals surface area contributed by atoms with E-state index in [0.29, 0.717) is 23.3 Å². The molecule has 114 valence electrons. The minimum Gasteiger partial charge on any atom is -0.484 e. The molecule has 6 heteroatoms. The van der Waals surface area contributed by atoms with E-state index in [9.17, 15) is 0 Å². The summed E-state index contributed by atoms with van der Waals surface area (Å²) < 4.78 is 7.54. The van der Waals surface area contributed by atoms with Crippen LogP contribution in [0.1, 0.15) is 25.2 Å². The number of ether oxygens (including phenoxy) is 1. The van der Waals surface area contributed by atoms with E-state index in [-0.39, 0.29) is 0 Å². The van der Waals surface area contributed by atoms with E-state index in [1.54, 1.807) is 4.68 Å². The van der Waals surface area contributed by atoms with Crippen LogP contribution in [0.2, 0.25) is 5.02 Å². The smallest absolute Gasteiger partial charge is 0.164 e. The molecule has 2 rings (SSSR count). The van der Waals surface area contributed by atoms with Crippen LogP contribution >= 0.6 is 11.6 Å². The van der Waals surface area contributed by atoms with E-state index in [1.165, 1.54) is 6.33 Å². The van der Waals surface area contributed by atoms with Gasteiger partial charge < -0.3 is 10.1 Å². The number of aryl methyl sites for hydroxylation is 1. The number of nitrogens with zero attached hydrogens (tertiary/aromatic N) is 3. The molecule has 0 saturated heterocycles. The maximum Gasteiger partial charge on any atom is 0.164 e. The van der Waals surface area contributed by atoms with Crippen LogP contribution < -0.4 is 10.1 Å². The Morgan fingerprint density at radius 3 is 2.86 bits per heavy atom. The highest BCUT2D eigenvalue weighted by atomic mass is 35.5. The van der Waals surface area contributed by atoms with Gasteiger partial charge in [0.2, 0.25) is 0 Å². The van der Waals surface area contributed by atoms with Gasteiger partial charge in [0, 0.05) is 19.2 Å². The summed E-state index contributed by atoms with van der Waals surface area (Å²) in [5.74, 6) is 2.07. The highest BCUT2D eigenvalue weighted by molar-refractivity contribution is 6.32. The molecule has 1 heterocycles. The molecule has 1 aromatic carbocycles. The van der Waals surface area contributed by atoms with Crippen LogP contribution in [0.5, 0.6) is 5.75 Å². The maximum absolute atomic E-state index is 6.26. The molecule has 0 fully saturated rings. The fraction of sp³-hybridized carbons (Fsp3) is 0.467. The Morgan fingerprint density at radius 1 is 1.38 bits per heavy atom. The molecule has 0 unspecified atom stereocenters. The summed E-state index contributed by atoms with van der Waals surface area (Å²) in [6, 6.07) is 5.79. The van der Waals surface area contributed by atoms with Crippen molar-refractivity contribution < 1.29 is 4.74 Å². The first-order chi connectivity index (χ1) is 10.1. The number of benzene rings is 1. The average molecular weight is 309 g/mol. The second-order valence-electron chi connectivity index (χ2n) is 5.34. The van der Waals surface area contributed by atoms with Crippen molar-refractivity contribution >= 4 is 11.6 Å². The van der Waals surface area contributed by atoms with Gasteiger partial charge in [-0.05, 0) is 18.5 Å². The second-order valence-corrected chi connectivity index (χ2v) is 5.75. The van der Waals surface area contributed by atoms with Crippen molar-refractivity contribution in [1.82, 2.24) is 20.1 Å². The van der Waals surface area contributed by atoms with Gasteiger partial charge in [0.25, 0.3) is 0 Å². The minimum atomic E-state index is 0.345. The molecule has 0 saturated carbocycles. The SMILES string of the molecule is CC(C)CNCc1cccc(Cl)c1OCc1ncnn1C. The highest BCUT2D eigenvalue weighted by Crippen LogP contribution is 2.29. The molecule has 0 spiro atoms. The van der Waals surface area contributed by atoms with Crippen LogP contribution in [-0.4, -0.2) is 21.3 Å². The van der Waals surface area contributed by atoms with Crippen LogP contribution in [0.15, 0.2) is 24.5 Å². The van der Waals surface area contributed by atoms with E-state index in [1.807, 2.05) is 25.2 Å². The molecule has 0 atom stereocenters. The standard InChI is InChI=1S/C15H21ClN4O/c1-11(2)7-17-8-12-5-4-6-13(16)15(12)21-9-14-18-10-19-20(14)3/h4-6,10-11,17H,7-9H2,1-3H3.